The Kier molecular flexibility index (Phi) is 4.38. The van der Waals surface area contributed by atoms with Crippen LogP contribution in [0.15, 0.2) is 46.9 Å². The molecule has 0 saturated carbocycles. The number of nitrogens with zero attached hydrogens (tertiary/aromatic N) is 1. The van der Waals surface area contributed by atoms with Crippen molar-refractivity contribution < 1.29 is 22.6 Å². The average molecular weight is 358 g/mol. The van der Waals surface area contributed by atoms with Crippen LogP contribution in [0.25, 0.3) is 0 Å². The predicted octanol–water partition coefficient (Wildman–Crippen LogP) is 5.01. The lowest BCUT2D eigenvalue weighted by Crippen LogP contribution is -2.17. The molecule has 7 heteroatoms. The first kappa shape index (κ1) is 15.2. The summed E-state index contributed by atoms with van der Waals surface area (Å²) in [5.41, 5.74) is 0.484. The average Bonchev–Trinajstić information content (AvgIpc) is 2.41. The molecule has 2 aromatic carbocycles. The van der Waals surface area contributed by atoms with E-state index in [0.717, 1.165) is 6.07 Å². The van der Waals surface area contributed by atoms with Gasteiger partial charge in [0.15, 0.2) is 0 Å². The molecule has 0 radical (unpaired) electrons. The number of alkyl halides is 3. The molecule has 0 aliphatic carbocycles. The van der Waals surface area contributed by atoms with E-state index in [1.807, 2.05) is 6.07 Å². The summed E-state index contributed by atoms with van der Waals surface area (Å²) in [5.74, 6) is 0.446. The molecular weight excluding hydrogens is 351 g/mol. The van der Waals surface area contributed by atoms with E-state index in [9.17, 15) is 13.2 Å². The van der Waals surface area contributed by atoms with E-state index in [1.54, 1.807) is 24.3 Å². The van der Waals surface area contributed by atoms with Gasteiger partial charge >= 0.3 is 6.36 Å². The van der Waals surface area contributed by atoms with E-state index in [4.69, 9.17) is 10.00 Å². The lowest BCUT2D eigenvalue weighted by molar-refractivity contribution is -0.274. The topological polar surface area (TPSA) is 42.2 Å². The molecule has 0 unspecified atom stereocenters. The van der Waals surface area contributed by atoms with Gasteiger partial charge in [0.1, 0.15) is 17.2 Å². The van der Waals surface area contributed by atoms with Crippen molar-refractivity contribution in [3.63, 3.8) is 0 Å². The highest BCUT2D eigenvalue weighted by atomic mass is 79.9. The molecule has 0 aliphatic heterocycles. The number of hydrogen-bond donors (Lipinski definition) is 0. The zero-order chi connectivity index (χ0) is 15.5. The first-order chi connectivity index (χ1) is 9.87. The first-order valence-electron chi connectivity index (χ1n) is 5.61. The fraction of sp³-hybridized carbons (Fsp3) is 0.0714. The number of benzene rings is 2. The minimum absolute atomic E-state index is 0.117. The third-order valence-corrected chi connectivity index (χ3v) is 2.97. The first-order valence-corrected chi connectivity index (χ1v) is 6.40. The van der Waals surface area contributed by atoms with Crippen LogP contribution in [0.3, 0.4) is 0 Å². The summed E-state index contributed by atoms with van der Waals surface area (Å²) >= 11 is 2.99. The van der Waals surface area contributed by atoms with Crippen LogP contribution in [0.2, 0.25) is 0 Å². The number of rotatable bonds is 3. The van der Waals surface area contributed by atoms with Gasteiger partial charge in [-0.15, -0.1) is 13.2 Å². The number of hydrogen-bond acceptors (Lipinski definition) is 3. The molecule has 21 heavy (non-hydrogen) atoms. The summed E-state index contributed by atoms with van der Waals surface area (Å²) in [4.78, 5) is 0. The molecule has 0 atom stereocenters. The Labute approximate surface area is 126 Å². The van der Waals surface area contributed by atoms with Crippen LogP contribution < -0.4 is 9.47 Å². The summed E-state index contributed by atoms with van der Waals surface area (Å²) < 4.78 is 45.8. The van der Waals surface area contributed by atoms with Crippen LogP contribution in [-0.4, -0.2) is 6.36 Å². The third kappa shape index (κ3) is 4.39. The van der Waals surface area contributed by atoms with Gasteiger partial charge in [-0.3, -0.25) is 0 Å². The van der Waals surface area contributed by atoms with Crippen molar-refractivity contribution in [1.82, 2.24) is 0 Å². The van der Waals surface area contributed by atoms with Crippen molar-refractivity contribution in [3.05, 3.63) is 52.5 Å². The van der Waals surface area contributed by atoms with E-state index in [-0.39, 0.29) is 10.2 Å². The summed E-state index contributed by atoms with van der Waals surface area (Å²) in [5, 5.41) is 8.68. The fourth-order valence-corrected chi connectivity index (χ4v) is 1.92. The molecule has 0 aliphatic rings. The van der Waals surface area contributed by atoms with E-state index < -0.39 is 6.36 Å². The second-order valence-corrected chi connectivity index (χ2v) is 4.73. The zero-order valence-electron chi connectivity index (χ0n) is 10.3. The molecular formula is C14H7BrF3NO2. The van der Waals surface area contributed by atoms with Gasteiger partial charge in [0.25, 0.3) is 0 Å². The highest BCUT2D eigenvalue weighted by molar-refractivity contribution is 9.10. The van der Waals surface area contributed by atoms with Crippen molar-refractivity contribution >= 4 is 15.9 Å². The molecule has 0 fully saturated rings. The third-order valence-electron chi connectivity index (χ3n) is 2.35. The van der Waals surface area contributed by atoms with Crippen LogP contribution in [0.4, 0.5) is 13.2 Å². The summed E-state index contributed by atoms with van der Waals surface area (Å²) in [6.45, 7) is 0. The van der Waals surface area contributed by atoms with E-state index >= 15 is 0 Å². The number of halogens is 4. The number of nitriles is 1. The molecule has 3 nitrogen and oxygen atoms in total. The molecule has 0 spiro atoms. The van der Waals surface area contributed by atoms with Crippen molar-refractivity contribution in [3.8, 4) is 23.3 Å². The van der Waals surface area contributed by atoms with Gasteiger partial charge in [0.05, 0.1) is 16.1 Å². The minimum Gasteiger partial charge on any atom is -0.457 e. The van der Waals surface area contributed by atoms with Gasteiger partial charge in [-0.25, -0.2) is 0 Å². The maximum atomic E-state index is 12.1. The molecule has 0 N–H and O–H groups in total. The van der Waals surface area contributed by atoms with Crippen molar-refractivity contribution in [2.24, 2.45) is 0 Å². The standard InChI is InChI=1S/C14H7BrF3NO2/c15-12-7-11(5-6-13(12)21-14(16,17)18)20-10-3-1-9(8-19)2-4-10/h1-7H. The summed E-state index contributed by atoms with van der Waals surface area (Å²) in [6, 6.07) is 12.2. The Bertz CT molecular complexity index is 678. The zero-order valence-corrected chi connectivity index (χ0v) is 11.9. The van der Waals surface area contributed by atoms with Crippen molar-refractivity contribution in [2.45, 2.75) is 6.36 Å². The normalized spacial score (nSPS) is 10.8. The Balaban J connectivity index is 2.14. The van der Waals surface area contributed by atoms with Crippen LogP contribution in [-0.2, 0) is 0 Å². The van der Waals surface area contributed by atoms with Crippen LogP contribution in [0.5, 0.6) is 17.2 Å². The molecule has 0 bridgehead atoms. The van der Waals surface area contributed by atoms with E-state index in [1.165, 1.54) is 12.1 Å². The quantitative estimate of drug-likeness (QED) is 0.775. The smallest absolute Gasteiger partial charge is 0.457 e. The molecule has 108 valence electrons. The van der Waals surface area contributed by atoms with E-state index in [0.29, 0.717) is 17.1 Å². The highest BCUT2D eigenvalue weighted by Gasteiger charge is 2.32. The Hall–Kier alpha value is -2.20. The lowest BCUT2D eigenvalue weighted by atomic mass is 10.2. The fourth-order valence-electron chi connectivity index (χ4n) is 1.49. The lowest BCUT2D eigenvalue weighted by Gasteiger charge is -2.12. The summed E-state index contributed by atoms with van der Waals surface area (Å²) in [7, 11) is 0. The van der Waals surface area contributed by atoms with Gasteiger partial charge < -0.3 is 9.47 Å². The van der Waals surface area contributed by atoms with Gasteiger partial charge in [-0.2, -0.15) is 5.26 Å². The van der Waals surface area contributed by atoms with Gasteiger partial charge in [0.2, 0.25) is 0 Å². The van der Waals surface area contributed by atoms with E-state index in [2.05, 4.69) is 20.7 Å². The number of ether oxygens (including phenoxy) is 2. The molecule has 0 amide bonds. The molecule has 0 saturated heterocycles. The Morgan fingerprint density at radius 3 is 2.14 bits per heavy atom. The maximum absolute atomic E-state index is 12.1. The predicted molar refractivity (Wildman–Crippen MR) is 72.1 cm³/mol. The minimum atomic E-state index is -4.75. The molecule has 2 aromatic rings. The second kappa shape index (κ2) is 6.06. The van der Waals surface area contributed by atoms with Crippen LogP contribution in [0, 0.1) is 11.3 Å². The SMILES string of the molecule is N#Cc1ccc(Oc2ccc(OC(F)(F)F)c(Br)c2)cc1. The summed E-state index contributed by atoms with van der Waals surface area (Å²) in [6.07, 6.45) is -4.75. The van der Waals surface area contributed by atoms with Gasteiger partial charge in [0, 0.05) is 0 Å². The maximum Gasteiger partial charge on any atom is 0.573 e. The van der Waals surface area contributed by atoms with Crippen molar-refractivity contribution in [2.75, 3.05) is 0 Å². The second-order valence-electron chi connectivity index (χ2n) is 3.88. The Morgan fingerprint density at radius 1 is 1.00 bits per heavy atom. The van der Waals surface area contributed by atoms with Gasteiger partial charge in [-0.05, 0) is 58.4 Å². The monoisotopic (exact) mass is 357 g/mol. The largest absolute Gasteiger partial charge is 0.573 e. The van der Waals surface area contributed by atoms with Gasteiger partial charge in [-0.1, -0.05) is 0 Å². The molecule has 0 aromatic heterocycles. The van der Waals surface area contributed by atoms with Crippen LogP contribution >= 0.6 is 15.9 Å². The Morgan fingerprint density at radius 2 is 1.62 bits per heavy atom. The van der Waals surface area contributed by atoms with Crippen molar-refractivity contribution in [1.29, 1.82) is 5.26 Å². The highest BCUT2D eigenvalue weighted by Crippen LogP contribution is 2.34. The molecule has 0 heterocycles. The molecule has 2 rings (SSSR count). The van der Waals surface area contributed by atoms with Crippen LogP contribution in [0.1, 0.15) is 5.56 Å².